The fourth-order valence-electron chi connectivity index (χ4n) is 1.53. The van der Waals surface area contributed by atoms with E-state index in [-0.39, 0.29) is 0 Å². The van der Waals surface area contributed by atoms with Gasteiger partial charge in [0.15, 0.2) is 0 Å². The SMILES string of the molecule is COCCNCCCCOc1cccc(OC)c1. The minimum Gasteiger partial charge on any atom is -0.497 e. The summed E-state index contributed by atoms with van der Waals surface area (Å²) in [4.78, 5) is 0. The molecule has 0 saturated heterocycles. The van der Waals surface area contributed by atoms with Crippen molar-refractivity contribution < 1.29 is 14.2 Å². The first-order valence-corrected chi connectivity index (χ1v) is 6.33. The van der Waals surface area contributed by atoms with E-state index in [1.54, 1.807) is 14.2 Å². The molecule has 0 aromatic heterocycles. The van der Waals surface area contributed by atoms with E-state index in [2.05, 4.69) is 5.32 Å². The van der Waals surface area contributed by atoms with Crippen LogP contribution in [0, 0.1) is 0 Å². The first-order valence-electron chi connectivity index (χ1n) is 6.33. The number of methoxy groups -OCH3 is 2. The number of unbranched alkanes of at least 4 members (excludes halogenated alkanes) is 1. The summed E-state index contributed by atoms with van der Waals surface area (Å²) in [6.45, 7) is 3.41. The zero-order valence-corrected chi connectivity index (χ0v) is 11.3. The molecule has 0 fully saturated rings. The van der Waals surface area contributed by atoms with Gasteiger partial charge >= 0.3 is 0 Å². The Labute approximate surface area is 109 Å². The van der Waals surface area contributed by atoms with E-state index in [1.165, 1.54) is 0 Å². The molecule has 1 aromatic carbocycles. The Hall–Kier alpha value is -1.26. The Balaban J connectivity index is 2.03. The van der Waals surface area contributed by atoms with E-state index in [0.717, 1.165) is 50.6 Å². The van der Waals surface area contributed by atoms with Crippen molar-refractivity contribution in [3.05, 3.63) is 24.3 Å². The molecule has 18 heavy (non-hydrogen) atoms. The van der Waals surface area contributed by atoms with Crippen LogP contribution in [0.25, 0.3) is 0 Å². The third kappa shape index (κ3) is 6.47. The summed E-state index contributed by atoms with van der Waals surface area (Å²) in [6, 6.07) is 7.68. The number of benzene rings is 1. The highest BCUT2D eigenvalue weighted by Crippen LogP contribution is 2.18. The molecule has 0 unspecified atom stereocenters. The quantitative estimate of drug-likeness (QED) is 0.648. The number of rotatable bonds is 10. The topological polar surface area (TPSA) is 39.7 Å². The average molecular weight is 253 g/mol. The minimum atomic E-state index is 0.735. The number of hydrogen-bond acceptors (Lipinski definition) is 4. The molecule has 0 aliphatic carbocycles. The zero-order chi connectivity index (χ0) is 13.1. The summed E-state index contributed by atoms with van der Waals surface area (Å²) in [6.07, 6.45) is 2.14. The van der Waals surface area contributed by atoms with Crippen LogP contribution in [0.1, 0.15) is 12.8 Å². The van der Waals surface area contributed by atoms with Gasteiger partial charge in [0.1, 0.15) is 11.5 Å². The van der Waals surface area contributed by atoms with Crippen molar-refractivity contribution in [2.45, 2.75) is 12.8 Å². The predicted molar refractivity (Wildman–Crippen MR) is 72.5 cm³/mol. The summed E-state index contributed by atoms with van der Waals surface area (Å²) < 4.78 is 15.7. The molecule has 4 nitrogen and oxygen atoms in total. The fraction of sp³-hybridized carbons (Fsp3) is 0.571. The standard InChI is InChI=1S/C14H23NO3/c1-16-11-9-15-8-3-4-10-18-14-7-5-6-13(12-14)17-2/h5-7,12,15H,3-4,8-11H2,1-2H3. The zero-order valence-electron chi connectivity index (χ0n) is 11.3. The lowest BCUT2D eigenvalue weighted by Gasteiger charge is -2.08. The maximum absolute atomic E-state index is 5.64. The molecule has 0 aliphatic heterocycles. The van der Waals surface area contributed by atoms with Crippen molar-refractivity contribution in [2.24, 2.45) is 0 Å². The van der Waals surface area contributed by atoms with E-state index >= 15 is 0 Å². The van der Waals surface area contributed by atoms with Crippen LogP contribution in [0.2, 0.25) is 0 Å². The molecule has 0 saturated carbocycles. The Bertz CT molecular complexity index is 318. The van der Waals surface area contributed by atoms with Crippen LogP contribution >= 0.6 is 0 Å². The van der Waals surface area contributed by atoms with Gasteiger partial charge < -0.3 is 19.5 Å². The molecule has 1 rings (SSSR count). The van der Waals surface area contributed by atoms with Gasteiger partial charge in [-0.2, -0.15) is 0 Å². The van der Waals surface area contributed by atoms with Crippen molar-refractivity contribution >= 4 is 0 Å². The van der Waals surface area contributed by atoms with E-state index in [0.29, 0.717) is 0 Å². The van der Waals surface area contributed by atoms with Crippen LogP contribution in [0.15, 0.2) is 24.3 Å². The van der Waals surface area contributed by atoms with Gasteiger partial charge in [0.2, 0.25) is 0 Å². The molecule has 0 amide bonds. The molecule has 0 heterocycles. The van der Waals surface area contributed by atoms with Crippen molar-refractivity contribution in [1.82, 2.24) is 5.32 Å². The molecule has 0 atom stereocenters. The maximum Gasteiger partial charge on any atom is 0.122 e. The van der Waals surface area contributed by atoms with Gasteiger partial charge in [-0.05, 0) is 31.5 Å². The molecule has 1 N–H and O–H groups in total. The Morgan fingerprint density at radius 3 is 2.61 bits per heavy atom. The Morgan fingerprint density at radius 1 is 1.00 bits per heavy atom. The first-order chi connectivity index (χ1) is 8.86. The van der Waals surface area contributed by atoms with Gasteiger partial charge in [0, 0.05) is 19.7 Å². The fourth-order valence-corrected chi connectivity index (χ4v) is 1.53. The van der Waals surface area contributed by atoms with Crippen LogP contribution in [-0.2, 0) is 4.74 Å². The first kappa shape index (κ1) is 14.8. The van der Waals surface area contributed by atoms with E-state index in [9.17, 15) is 0 Å². The number of ether oxygens (including phenoxy) is 3. The van der Waals surface area contributed by atoms with Crippen molar-refractivity contribution in [3.63, 3.8) is 0 Å². The van der Waals surface area contributed by atoms with Crippen molar-refractivity contribution in [2.75, 3.05) is 40.5 Å². The Kier molecular flexibility index (Phi) is 8.01. The molecule has 4 heteroatoms. The molecule has 0 radical (unpaired) electrons. The van der Waals surface area contributed by atoms with Crippen LogP contribution in [0.4, 0.5) is 0 Å². The highest BCUT2D eigenvalue weighted by Gasteiger charge is 1.96. The number of hydrogen-bond donors (Lipinski definition) is 1. The molecule has 102 valence electrons. The minimum absolute atomic E-state index is 0.735. The van der Waals surface area contributed by atoms with Crippen LogP contribution in [0.5, 0.6) is 11.5 Å². The second-order valence-electron chi connectivity index (χ2n) is 3.98. The largest absolute Gasteiger partial charge is 0.497 e. The second-order valence-corrected chi connectivity index (χ2v) is 3.98. The third-order valence-electron chi connectivity index (χ3n) is 2.54. The summed E-state index contributed by atoms with van der Waals surface area (Å²) >= 11 is 0. The van der Waals surface area contributed by atoms with Crippen LogP contribution < -0.4 is 14.8 Å². The highest BCUT2D eigenvalue weighted by atomic mass is 16.5. The van der Waals surface area contributed by atoms with Gasteiger partial charge in [-0.1, -0.05) is 6.07 Å². The maximum atomic E-state index is 5.64. The number of nitrogens with one attached hydrogen (secondary N) is 1. The van der Waals surface area contributed by atoms with Crippen molar-refractivity contribution in [1.29, 1.82) is 0 Å². The van der Waals surface area contributed by atoms with E-state index in [4.69, 9.17) is 14.2 Å². The predicted octanol–water partition coefficient (Wildman–Crippen LogP) is 2.09. The molecular formula is C14H23NO3. The third-order valence-corrected chi connectivity index (χ3v) is 2.54. The average Bonchev–Trinajstić information content (AvgIpc) is 2.42. The highest BCUT2D eigenvalue weighted by molar-refractivity contribution is 5.32. The molecular weight excluding hydrogens is 230 g/mol. The molecule has 1 aromatic rings. The summed E-state index contributed by atoms with van der Waals surface area (Å²) in [5.41, 5.74) is 0. The molecule has 0 aliphatic rings. The van der Waals surface area contributed by atoms with Gasteiger partial charge in [0.25, 0.3) is 0 Å². The lowest BCUT2D eigenvalue weighted by molar-refractivity contribution is 0.199. The van der Waals surface area contributed by atoms with Gasteiger partial charge in [-0.25, -0.2) is 0 Å². The summed E-state index contributed by atoms with van der Waals surface area (Å²) in [5.74, 6) is 1.69. The monoisotopic (exact) mass is 253 g/mol. The smallest absolute Gasteiger partial charge is 0.122 e. The summed E-state index contributed by atoms with van der Waals surface area (Å²) in [5, 5.41) is 3.30. The molecule has 0 bridgehead atoms. The van der Waals surface area contributed by atoms with Crippen molar-refractivity contribution in [3.8, 4) is 11.5 Å². The molecule has 0 spiro atoms. The van der Waals surface area contributed by atoms with Gasteiger partial charge in [-0.3, -0.25) is 0 Å². The van der Waals surface area contributed by atoms with Gasteiger partial charge in [0.05, 0.1) is 20.3 Å². The van der Waals surface area contributed by atoms with Crippen LogP contribution in [0.3, 0.4) is 0 Å². The second kappa shape index (κ2) is 9.74. The normalized spacial score (nSPS) is 10.3. The lowest BCUT2D eigenvalue weighted by Crippen LogP contribution is -2.20. The lowest BCUT2D eigenvalue weighted by atomic mass is 10.3. The van der Waals surface area contributed by atoms with Crippen LogP contribution in [-0.4, -0.2) is 40.5 Å². The van der Waals surface area contributed by atoms with E-state index in [1.807, 2.05) is 24.3 Å². The van der Waals surface area contributed by atoms with E-state index < -0.39 is 0 Å². The van der Waals surface area contributed by atoms with Gasteiger partial charge in [-0.15, -0.1) is 0 Å². The Morgan fingerprint density at radius 2 is 1.83 bits per heavy atom. The summed E-state index contributed by atoms with van der Waals surface area (Å²) in [7, 11) is 3.37.